The Kier molecular flexibility index (Phi) is 5.98. The summed E-state index contributed by atoms with van der Waals surface area (Å²) in [5, 5.41) is 3.94. The molecule has 1 aromatic rings. The van der Waals surface area contributed by atoms with Gasteiger partial charge in [-0.1, -0.05) is 42.5 Å². The highest BCUT2D eigenvalue weighted by Gasteiger charge is 2.52. The molecule has 5 nitrogen and oxygen atoms in total. The number of carbonyl (C=O) groups excluding carboxylic acids is 2. The third-order valence-electron chi connectivity index (χ3n) is 5.52. The van der Waals surface area contributed by atoms with Gasteiger partial charge in [0.1, 0.15) is 0 Å². The Morgan fingerprint density at radius 2 is 2.00 bits per heavy atom. The van der Waals surface area contributed by atoms with Crippen LogP contribution in [-0.2, 0) is 4.74 Å². The molecule has 1 aliphatic heterocycles. The number of carbonyl (C=O) groups is 2. The molecule has 1 unspecified atom stereocenters. The molecule has 1 saturated heterocycles. The van der Waals surface area contributed by atoms with E-state index in [1.807, 2.05) is 11.8 Å². The second kappa shape index (κ2) is 8.05. The van der Waals surface area contributed by atoms with Crippen molar-refractivity contribution in [1.29, 1.82) is 0 Å². The average Bonchev–Trinajstić information content (AvgIpc) is 2.93. The lowest BCUT2D eigenvalue weighted by Gasteiger charge is -2.44. The molecular weight excluding hydrogens is 375 g/mol. The van der Waals surface area contributed by atoms with Crippen molar-refractivity contribution in [1.82, 2.24) is 10.2 Å². The number of halogens is 2. The van der Waals surface area contributed by atoms with Gasteiger partial charge in [-0.15, -0.1) is 0 Å². The fourth-order valence-corrected chi connectivity index (χ4v) is 4.80. The van der Waals surface area contributed by atoms with Crippen molar-refractivity contribution in [3.05, 3.63) is 33.8 Å². The molecule has 0 aromatic heterocycles. The van der Waals surface area contributed by atoms with E-state index in [4.69, 9.17) is 27.9 Å². The van der Waals surface area contributed by atoms with Crippen molar-refractivity contribution in [2.45, 2.75) is 57.0 Å². The van der Waals surface area contributed by atoms with Crippen LogP contribution in [0.3, 0.4) is 0 Å². The van der Waals surface area contributed by atoms with Gasteiger partial charge < -0.3 is 15.0 Å². The molecule has 1 aromatic carbocycles. The zero-order chi connectivity index (χ0) is 18.7. The lowest BCUT2D eigenvalue weighted by atomic mass is 9.76. The highest BCUT2D eigenvalue weighted by atomic mass is 35.5. The summed E-state index contributed by atoms with van der Waals surface area (Å²) in [6.45, 7) is 2.75. The van der Waals surface area contributed by atoms with Crippen LogP contribution >= 0.6 is 23.2 Å². The Bertz CT molecular complexity index is 689. The summed E-state index contributed by atoms with van der Waals surface area (Å²) < 4.78 is 5.26. The van der Waals surface area contributed by atoms with Crippen molar-refractivity contribution in [3.8, 4) is 0 Å². The van der Waals surface area contributed by atoms with Crippen LogP contribution in [0.2, 0.25) is 10.0 Å². The number of hydrogen-bond donors (Lipinski definition) is 1. The third kappa shape index (κ3) is 3.65. The molecule has 7 heteroatoms. The summed E-state index contributed by atoms with van der Waals surface area (Å²) in [6.07, 6.45) is 5.44. The molecule has 1 heterocycles. The van der Waals surface area contributed by atoms with Crippen LogP contribution in [0.15, 0.2) is 18.2 Å². The van der Waals surface area contributed by atoms with E-state index < -0.39 is 0 Å². The maximum absolute atomic E-state index is 12.8. The van der Waals surface area contributed by atoms with Crippen LogP contribution in [0.25, 0.3) is 0 Å². The zero-order valence-electron chi connectivity index (χ0n) is 14.9. The standard InChI is InChI=1S/C19H24Cl2N2O3/c1-2-26-18(25)23-11-8-16(19(23)9-4-3-5-10-19)22-17(24)14-7-6-13(20)12-15(14)21/h6-7,12,16H,2-5,8-11H2,1H3,(H,22,24). The number of likely N-dealkylation sites (tertiary alicyclic amines) is 1. The molecule has 3 rings (SSSR count). The van der Waals surface area contributed by atoms with Crippen LogP contribution in [0.4, 0.5) is 4.79 Å². The zero-order valence-corrected chi connectivity index (χ0v) is 16.4. The monoisotopic (exact) mass is 398 g/mol. The number of amides is 2. The maximum atomic E-state index is 12.8. The molecule has 1 atom stereocenters. The Hall–Kier alpha value is -1.46. The van der Waals surface area contributed by atoms with E-state index in [9.17, 15) is 9.59 Å². The lowest BCUT2D eigenvalue weighted by molar-refractivity contribution is 0.0440. The summed E-state index contributed by atoms with van der Waals surface area (Å²) >= 11 is 12.1. The summed E-state index contributed by atoms with van der Waals surface area (Å²) in [5.41, 5.74) is 0.0376. The minimum Gasteiger partial charge on any atom is -0.450 e. The second-order valence-corrected chi connectivity index (χ2v) is 7.80. The summed E-state index contributed by atoms with van der Waals surface area (Å²) in [7, 11) is 0. The summed E-state index contributed by atoms with van der Waals surface area (Å²) in [6, 6.07) is 4.74. The number of benzene rings is 1. The molecule has 1 spiro atoms. The lowest BCUT2D eigenvalue weighted by Crippen LogP contribution is -2.59. The molecule has 1 saturated carbocycles. The SMILES string of the molecule is CCOC(=O)N1CCC(NC(=O)c2ccc(Cl)cc2Cl)C12CCCCC2. The van der Waals surface area contributed by atoms with Crippen LogP contribution < -0.4 is 5.32 Å². The van der Waals surface area contributed by atoms with Gasteiger partial charge in [-0.3, -0.25) is 4.79 Å². The van der Waals surface area contributed by atoms with Crippen LogP contribution in [0, 0.1) is 0 Å². The fraction of sp³-hybridized carbons (Fsp3) is 0.579. The van der Waals surface area contributed by atoms with Gasteiger partial charge in [0.2, 0.25) is 0 Å². The third-order valence-corrected chi connectivity index (χ3v) is 6.06. The predicted octanol–water partition coefficient (Wildman–Crippen LogP) is 4.66. The van der Waals surface area contributed by atoms with Crippen molar-refractivity contribution in [2.75, 3.05) is 13.2 Å². The molecule has 0 radical (unpaired) electrons. The van der Waals surface area contributed by atoms with Crippen LogP contribution in [0.1, 0.15) is 55.8 Å². The van der Waals surface area contributed by atoms with E-state index in [0.29, 0.717) is 28.8 Å². The number of rotatable bonds is 3. The molecule has 2 fully saturated rings. The van der Waals surface area contributed by atoms with E-state index in [1.54, 1.807) is 18.2 Å². The second-order valence-electron chi connectivity index (χ2n) is 6.95. The topological polar surface area (TPSA) is 58.6 Å². The van der Waals surface area contributed by atoms with E-state index in [1.165, 1.54) is 0 Å². The smallest absolute Gasteiger partial charge is 0.410 e. The van der Waals surface area contributed by atoms with Crippen molar-refractivity contribution >= 4 is 35.2 Å². The molecule has 2 amide bonds. The van der Waals surface area contributed by atoms with Gasteiger partial charge in [0.05, 0.1) is 28.8 Å². The molecule has 1 N–H and O–H groups in total. The number of nitrogens with one attached hydrogen (secondary N) is 1. The first-order valence-electron chi connectivity index (χ1n) is 9.18. The van der Waals surface area contributed by atoms with Crippen molar-refractivity contribution in [2.24, 2.45) is 0 Å². The quantitative estimate of drug-likeness (QED) is 0.805. The highest BCUT2D eigenvalue weighted by Crippen LogP contribution is 2.42. The Morgan fingerprint density at radius 3 is 2.65 bits per heavy atom. The van der Waals surface area contributed by atoms with Crippen LogP contribution in [-0.4, -0.2) is 41.6 Å². The number of nitrogens with zero attached hydrogens (tertiary/aromatic N) is 1. The molecule has 2 aliphatic rings. The molecular formula is C19H24Cl2N2O3. The normalized spacial score (nSPS) is 21.7. The van der Waals surface area contributed by atoms with E-state index in [0.717, 1.165) is 38.5 Å². The highest BCUT2D eigenvalue weighted by molar-refractivity contribution is 6.36. The Labute approximate surface area is 164 Å². The molecule has 0 bridgehead atoms. The first-order valence-corrected chi connectivity index (χ1v) is 9.94. The van der Waals surface area contributed by atoms with Gasteiger partial charge >= 0.3 is 6.09 Å². The minimum absolute atomic E-state index is 0.105. The van der Waals surface area contributed by atoms with Crippen molar-refractivity contribution < 1.29 is 14.3 Å². The van der Waals surface area contributed by atoms with E-state index in [-0.39, 0.29) is 23.6 Å². The predicted molar refractivity (Wildman–Crippen MR) is 102 cm³/mol. The largest absolute Gasteiger partial charge is 0.450 e. The van der Waals surface area contributed by atoms with Gasteiger partial charge in [0.25, 0.3) is 5.91 Å². The van der Waals surface area contributed by atoms with Gasteiger partial charge in [-0.25, -0.2) is 4.79 Å². The Balaban J connectivity index is 1.81. The van der Waals surface area contributed by atoms with Gasteiger partial charge in [-0.05, 0) is 44.4 Å². The minimum atomic E-state index is -0.362. The van der Waals surface area contributed by atoms with Crippen LogP contribution in [0.5, 0.6) is 0 Å². The first-order chi connectivity index (χ1) is 12.5. The summed E-state index contributed by atoms with van der Waals surface area (Å²) in [4.78, 5) is 27.1. The van der Waals surface area contributed by atoms with E-state index >= 15 is 0 Å². The number of hydrogen-bond acceptors (Lipinski definition) is 3. The van der Waals surface area contributed by atoms with Gasteiger partial charge in [0.15, 0.2) is 0 Å². The Morgan fingerprint density at radius 1 is 1.27 bits per heavy atom. The maximum Gasteiger partial charge on any atom is 0.410 e. The van der Waals surface area contributed by atoms with Gasteiger partial charge in [0, 0.05) is 11.6 Å². The molecule has 142 valence electrons. The molecule has 1 aliphatic carbocycles. The van der Waals surface area contributed by atoms with E-state index in [2.05, 4.69) is 5.32 Å². The van der Waals surface area contributed by atoms with Crippen molar-refractivity contribution in [3.63, 3.8) is 0 Å². The fourth-order valence-electron chi connectivity index (χ4n) is 4.31. The average molecular weight is 399 g/mol. The number of ether oxygens (including phenoxy) is 1. The van der Waals surface area contributed by atoms with Gasteiger partial charge in [-0.2, -0.15) is 0 Å². The molecule has 26 heavy (non-hydrogen) atoms. The first kappa shape index (κ1) is 19.3. The summed E-state index contributed by atoms with van der Waals surface area (Å²) in [5.74, 6) is -0.229.